The number of hydrogen-bond donors (Lipinski definition) is 2. The van der Waals surface area contributed by atoms with E-state index < -0.39 is 5.97 Å². The molecule has 166 valence electrons. The van der Waals surface area contributed by atoms with Gasteiger partial charge < -0.3 is 24.8 Å². The molecule has 0 bridgehead atoms. The molecule has 0 unspecified atom stereocenters. The lowest BCUT2D eigenvalue weighted by atomic mass is 10.00. The fourth-order valence-electron chi connectivity index (χ4n) is 3.90. The Morgan fingerprint density at radius 3 is 2.71 bits per heavy atom. The largest absolute Gasteiger partial charge is 0.495 e. The quantitative estimate of drug-likeness (QED) is 0.472. The molecular weight excluding hydrogens is 394 g/mol. The number of esters is 1. The fraction of sp³-hybridized carbons (Fsp3) is 0.417. The normalized spacial score (nSPS) is 14.3. The number of ether oxygens (including phenoxy) is 2. The number of aliphatic hydroxyl groups excluding tert-OH is 1. The van der Waals surface area contributed by atoms with Gasteiger partial charge in [-0.05, 0) is 43.0 Å². The average molecular weight is 426 g/mol. The minimum atomic E-state index is -0.413. The van der Waals surface area contributed by atoms with Crippen LogP contribution in [0.5, 0.6) is 0 Å². The molecule has 3 rings (SSSR count). The summed E-state index contributed by atoms with van der Waals surface area (Å²) in [7, 11) is 1.36. The summed E-state index contributed by atoms with van der Waals surface area (Å²) in [5.41, 5.74) is 2.54. The first kappa shape index (κ1) is 22.6. The van der Waals surface area contributed by atoms with Crippen molar-refractivity contribution in [3.05, 3.63) is 54.6 Å². The minimum absolute atomic E-state index is 0.169. The van der Waals surface area contributed by atoms with E-state index >= 15 is 0 Å². The maximum absolute atomic E-state index is 12.2. The van der Waals surface area contributed by atoms with Gasteiger partial charge in [-0.1, -0.05) is 32.0 Å². The van der Waals surface area contributed by atoms with Gasteiger partial charge >= 0.3 is 5.97 Å². The highest BCUT2D eigenvalue weighted by Crippen LogP contribution is 2.34. The number of benzene rings is 1. The van der Waals surface area contributed by atoms with Crippen molar-refractivity contribution in [2.24, 2.45) is 5.92 Å². The monoisotopic (exact) mass is 425 g/mol. The van der Waals surface area contributed by atoms with Crippen LogP contribution in [0, 0.1) is 5.92 Å². The highest BCUT2D eigenvalue weighted by atomic mass is 16.5. The predicted octanol–water partition coefficient (Wildman–Crippen LogP) is 4.62. The standard InChI is InChI=1S/C24H31N3O4/c1-16(2)15-27(19-9-11-31-12-10-19)23-22(26-17(3)28)13-18(14-25-23)20-7-5-6-8-21(20)24(29)30-4/h5-8,13-14,16,19,26,28H,3,9-12,15H2,1-2,4H3. The second-order valence-corrected chi connectivity index (χ2v) is 8.09. The summed E-state index contributed by atoms with van der Waals surface area (Å²) in [6, 6.07) is 9.41. The number of aliphatic hydroxyl groups is 1. The van der Waals surface area contributed by atoms with Crippen molar-refractivity contribution in [1.82, 2.24) is 4.98 Å². The molecular formula is C24H31N3O4. The van der Waals surface area contributed by atoms with Gasteiger partial charge in [0.2, 0.25) is 0 Å². The van der Waals surface area contributed by atoms with E-state index in [1.807, 2.05) is 18.2 Å². The van der Waals surface area contributed by atoms with E-state index in [9.17, 15) is 9.90 Å². The minimum Gasteiger partial charge on any atom is -0.495 e. The summed E-state index contributed by atoms with van der Waals surface area (Å²) in [6.07, 6.45) is 3.59. The van der Waals surface area contributed by atoms with E-state index in [1.165, 1.54) is 7.11 Å². The van der Waals surface area contributed by atoms with Crippen LogP contribution in [-0.4, -0.2) is 49.0 Å². The number of aromatic nitrogens is 1. The third-order valence-corrected chi connectivity index (χ3v) is 5.25. The summed E-state index contributed by atoms with van der Waals surface area (Å²) < 4.78 is 10.5. The van der Waals surface area contributed by atoms with Crippen LogP contribution in [0.3, 0.4) is 0 Å². The highest BCUT2D eigenvalue weighted by Gasteiger charge is 2.26. The topological polar surface area (TPSA) is 83.9 Å². The average Bonchev–Trinajstić information content (AvgIpc) is 2.77. The lowest BCUT2D eigenvalue weighted by Crippen LogP contribution is -2.42. The molecule has 2 heterocycles. The molecule has 7 heteroatoms. The van der Waals surface area contributed by atoms with Gasteiger partial charge in [0.15, 0.2) is 11.7 Å². The molecule has 0 spiro atoms. The van der Waals surface area contributed by atoms with Gasteiger partial charge in [0.05, 0.1) is 18.4 Å². The second-order valence-electron chi connectivity index (χ2n) is 8.09. The van der Waals surface area contributed by atoms with Crippen LogP contribution in [0.2, 0.25) is 0 Å². The molecule has 1 saturated heterocycles. The number of nitrogens with one attached hydrogen (secondary N) is 1. The Morgan fingerprint density at radius 1 is 1.35 bits per heavy atom. The summed E-state index contributed by atoms with van der Waals surface area (Å²) in [6.45, 7) is 10.2. The summed E-state index contributed by atoms with van der Waals surface area (Å²) in [5, 5.41) is 12.8. The van der Waals surface area contributed by atoms with Gasteiger partial charge in [-0.2, -0.15) is 0 Å². The molecule has 0 saturated carbocycles. The Hall–Kier alpha value is -3.06. The molecule has 0 aliphatic carbocycles. The Labute approximate surface area is 183 Å². The van der Waals surface area contributed by atoms with Crippen molar-refractivity contribution in [1.29, 1.82) is 0 Å². The number of carbonyl (C=O) groups is 1. The molecule has 0 atom stereocenters. The Bertz CT molecular complexity index is 923. The van der Waals surface area contributed by atoms with Crippen molar-refractivity contribution in [2.45, 2.75) is 32.7 Å². The first-order valence-electron chi connectivity index (χ1n) is 10.6. The van der Waals surface area contributed by atoms with Gasteiger partial charge in [0.25, 0.3) is 0 Å². The summed E-state index contributed by atoms with van der Waals surface area (Å²) in [4.78, 5) is 19.3. The van der Waals surface area contributed by atoms with Crippen LogP contribution in [0.1, 0.15) is 37.0 Å². The van der Waals surface area contributed by atoms with Crippen LogP contribution in [0.15, 0.2) is 49.0 Å². The number of carbonyl (C=O) groups excluding carboxylic acids is 1. The molecule has 2 aromatic rings. The molecule has 7 nitrogen and oxygen atoms in total. The first-order chi connectivity index (χ1) is 14.9. The SMILES string of the molecule is C=C(O)Nc1cc(-c2ccccc2C(=O)OC)cnc1N(CC(C)C)C1CCOCC1. The highest BCUT2D eigenvalue weighted by molar-refractivity contribution is 5.97. The molecule has 1 aromatic carbocycles. The Balaban J connectivity index is 2.07. The predicted molar refractivity (Wildman–Crippen MR) is 122 cm³/mol. The van der Waals surface area contributed by atoms with E-state index in [4.69, 9.17) is 14.5 Å². The first-order valence-corrected chi connectivity index (χ1v) is 10.6. The molecule has 1 fully saturated rings. The van der Waals surface area contributed by atoms with Crippen LogP contribution in [0.4, 0.5) is 11.5 Å². The maximum atomic E-state index is 12.2. The number of rotatable bonds is 8. The smallest absolute Gasteiger partial charge is 0.338 e. The van der Waals surface area contributed by atoms with Gasteiger partial charge in [-0.15, -0.1) is 0 Å². The van der Waals surface area contributed by atoms with Gasteiger partial charge in [0, 0.05) is 37.6 Å². The van der Waals surface area contributed by atoms with E-state index in [2.05, 4.69) is 30.6 Å². The van der Waals surface area contributed by atoms with E-state index in [0.29, 0.717) is 28.8 Å². The van der Waals surface area contributed by atoms with Gasteiger partial charge in [-0.3, -0.25) is 0 Å². The van der Waals surface area contributed by atoms with Crippen molar-refractivity contribution in [2.75, 3.05) is 37.1 Å². The molecule has 0 amide bonds. The Morgan fingerprint density at radius 2 is 2.06 bits per heavy atom. The van der Waals surface area contributed by atoms with Crippen LogP contribution in [-0.2, 0) is 9.47 Å². The second kappa shape index (κ2) is 10.3. The van der Waals surface area contributed by atoms with Gasteiger partial charge in [0.1, 0.15) is 0 Å². The molecule has 2 N–H and O–H groups in total. The number of hydrogen-bond acceptors (Lipinski definition) is 7. The summed E-state index contributed by atoms with van der Waals surface area (Å²) >= 11 is 0. The molecule has 1 aliphatic heterocycles. The lowest BCUT2D eigenvalue weighted by Gasteiger charge is -2.37. The molecule has 0 radical (unpaired) electrons. The van der Waals surface area contributed by atoms with E-state index in [1.54, 1.807) is 18.3 Å². The number of methoxy groups -OCH3 is 1. The number of pyridine rings is 1. The zero-order valence-corrected chi connectivity index (χ0v) is 18.4. The van der Waals surface area contributed by atoms with Crippen LogP contribution in [0.25, 0.3) is 11.1 Å². The van der Waals surface area contributed by atoms with Crippen molar-refractivity contribution in [3.8, 4) is 11.1 Å². The summed E-state index contributed by atoms with van der Waals surface area (Å²) in [5.74, 6) is 0.590. The molecule has 31 heavy (non-hydrogen) atoms. The van der Waals surface area contributed by atoms with Crippen molar-refractivity contribution < 1.29 is 19.4 Å². The van der Waals surface area contributed by atoms with E-state index in [-0.39, 0.29) is 5.88 Å². The van der Waals surface area contributed by atoms with Crippen LogP contribution < -0.4 is 10.2 Å². The third kappa shape index (κ3) is 5.55. The van der Waals surface area contributed by atoms with Gasteiger partial charge in [-0.25, -0.2) is 9.78 Å². The maximum Gasteiger partial charge on any atom is 0.338 e. The zero-order valence-electron chi connectivity index (χ0n) is 18.4. The van der Waals surface area contributed by atoms with Crippen LogP contribution >= 0.6 is 0 Å². The number of nitrogens with zero attached hydrogens (tertiary/aromatic N) is 2. The molecule has 1 aromatic heterocycles. The van der Waals surface area contributed by atoms with Crippen molar-refractivity contribution >= 4 is 17.5 Å². The Kier molecular flexibility index (Phi) is 7.52. The van der Waals surface area contributed by atoms with Crippen molar-refractivity contribution in [3.63, 3.8) is 0 Å². The zero-order chi connectivity index (χ0) is 22.4. The fourth-order valence-corrected chi connectivity index (χ4v) is 3.90. The lowest BCUT2D eigenvalue weighted by molar-refractivity contribution is 0.0601. The molecule has 1 aliphatic rings. The van der Waals surface area contributed by atoms with E-state index in [0.717, 1.165) is 44.0 Å². The number of anilines is 2. The third-order valence-electron chi connectivity index (χ3n) is 5.25.